The van der Waals surface area contributed by atoms with Crippen molar-refractivity contribution in [1.29, 1.82) is 0 Å². The van der Waals surface area contributed by atoms with Gasteiger partial charge < -0.3 is 9.84 Å². The highest BCUT2D eigenvalue weighted by molar-refractivity contribution is 7.80. The average molecular weight is 226 g/mol. The van der Waals surface area contributed by atoms with Crippen LogP contribution in [0.25, 0.3) is 0 Å². The molecule has 3 nitrogen and oxygen atoms in total. The maximum atomic E-state index is 11.1. The summed E-state index contributed by atoms with van der Waals surface area (Å²) in [6.45, 7) is 2.06. The largest absolute Gasteiger partial charge is 0.466 e. The van der Waals surface area contributed by atoms with Crippen LogP contribution < -0.4 is 0 Å². The number of rotatable bonds is 4. The number of esters is 1. The summed E-state index contributed by atoms with van der Waals surface area (Å²) in [6.07, 6.45) is 5.27. The summed E-state index contributed by atoms with van der Waals surface area (Å²) >= 11 is 5.09. The van der Waals surface area contributed by atoms with E-state index in [0.717, 1.165) is 0 Å². The molecule has 1 rings (SSSR count). The second kappa shape index (κ2) is 5.78. The third-order valence-corrected chi connectivity index (χ3v) is 2.46. The lowest BCUT2D eigenvalue weighted by Crippen LogP contribution is -2.22. The molecule has 0 saturated carbocycles. The number of allylic oxidation sites excluding steroid dienone is 3. The number of carbonyl (C=O) groups excluding carboxylic acids is 1. The molecular formula is C11H14O3S. The number of aliphatic hydroxyl groups excluding tert-OH is 1. The smallest absolute Gasteiger partial charge is 0.308 e. The summed E-state index contributed by atoms with van der Waals surface area (Å²) in [5, 5.41) is 9.75. The summed E-state index contributed by atoms with van der Waals surface area (Å²) in [5.74, 6) is -0.400. The molecule has 15 heavy (non-hydrogen) atoms. The molecule has 1 unspecified atom stereocenters. The number of ether oxygens (including phenoxy) is 1. The van der Waals surface area contributed by atoms with Crippen LogP contribution >= 0.6 is 12.2 Å². The van der Waals surface area contributed by atoms with Gasteiger partial charge >= 0.3 is 5.97 Å². The lowest BCUT2D eigenvalue weighted by atomic mass is 9.98. The first-order chi connectivity index (χ1) is 7.15. The molecule has 0 fully saturated rings. The number of hydrogen-bond acceptors (Lipinski definition) is 4. The first kappa shape index (κ1) is 12.1. The Balaban J connectivity index is 2.56. The third-order valence-electron chi connectivity index (χ3n) is 2.06. The van der Waals surface area contributed by atoms with Gasteiger partial charge in [-0.25, -0.2) is 0 Å². The van der Waals surface area contributed by atoms with Crippen LogP contribution in [0.5, 0.6) is 0 Å². The van der Waals surface area contributed by atoms with Crippen LogP contribution in [0.2, 0.25) is 0 Å². The number of thiocarbonyl (C=S) groups is 1. The number of aliphatic hydroxyl groups is 1. The topological polar surface area (TPSA) is 46.5 Å². The quantitative estimate of drug-likeness (QED) is 0.583. The van der Waals surface area contributed by atoms with E-state index < -0.39 is 12.1 Å². The van der Waals surface area contributed by atoms with Crippen molar-refractivity contribution in [3.05, 3.63) is 23.8 Å². The Labute approximate surface area is 94.4 Å². The maximum absolute atomic E-state index is 11.1. The molecule has 1 atom stereocenters. The first-order valence-electron chi connectivity index (χ1n) is 4.88. The molecule has 1 aliphatic carbocycles. The Hall–Kier alpha value is -1.00. The van der Waals surface area contributed by atoms with E-state index in [2.05, 4.69) is 0 Å². The molecule has 0 aliphatic heterocycles. The highest BCUT2D eigenvalue weighted by Gasteiger charge is 2.19. The highest BCUT2D eigenvalue weighted by atomic mass is 32.1. The van der Waals surface area contributed by atoms with Crippen LogP contribution in [0.4, 0.5) is 0 Å². The van der Waals surface area contributed by atoms with E-state index in [0.29, 0.717) is 23.5 Å². The van der Waals surface area contributed by atoms with Gasteiger partial charge in [-0.2, -0.15) is 0 Å². The van der Waals surface area contributed by atoms with Crippen molar-refractivity contribution in [3.63, 3.8) is 0 Å². The lowest BCUT2D eigenvalue weighted by Gasteiger charge is -2.16. The minimum atomic E-state index is -0.846. The molecule has 0 bridgehead atoms. The molecule has 82 valence electrons. The molecule has 0 radical (unpaired) electrons. The van der Waals surface area contributed by atoms with Gasteiger partial charge in [0.1, 0.15) is 0 Å². The van der Waals surface area contributed by atoms with Gasteiger partial charge in [0.05, 0.1) is 19.1 Å². The Kier molecular flexibility index (Phi) is 4.65. The SMILES string of the molecule is CCOC(=O)CC(O)C1=CC=CCC1=S. The molecular weight excluding hydrogens is 212 g/mol. The van der Waals surface area contributed by atoms with Gasteiger partial charge in [0.25, 0.3) is 0 Å². The molecule has 0 amide bonds. The van der Waals surface area contributed by atoms with Crippen molar-refractivity contribution >= 4 is 23.1 Å². The molecule has 0 aromatic heterocycles. The van der Waals surface area contributed by atoms with Gasteiger partial charge in [-0.3, -0.25) is 4.79 Å². The summed E-state index contributed by atoms with van der Waals surface area (Å²) in [5.41, 5.74) is 0.653. The first-order valence-corrected chi connectivity index (χ1v) is 5.29. The fourth-order valence-corrected chi connectivity index (χ4v) is 1.64. The van der Waals surface area contributed by atoms with Gasteiger partial charge in [0.2, 0.25) is 0 Å². The van der Waals surface area contributed by atoms with E-state index in [1.165, 1.54) is 0 Å². The Morgan fingerprint density at radius 2 is 2.47 bits per heavy atom. The highest BCUT2D eigenvalue weighted by Crippen LogP contribution is 2.16. The second-order valence-electron chi connectivity index (χ2n) is 3.20. The van der Waals surface area contributed by atoms with Crippen molar-refractivity contribution < 1.29 is 14.6 Å². The fourth-order valence-electron chi connectivity index (χ4n) is 1.34. The van der Waals surface area contributed by atoms with Gasteiger partial charge in [0.15, 0.2) is 0 Å². The molecule has 0 aromatic carbocycles. The van der Waals surface area contributed by atoms with Gasteiger partial charge in [0, 0.05) is 11.3 Å². The van der Waals surface area contributed by atoms with Crippen LogP contribution in [0, 0.1) is 0 Å². The van der Waals surface area contributed by atoms with Crippen LogP contribution in [-0.4, -0.2) is 28.7 Å². The van der Waals surface area contributed by atoms with Crippen LogP contribution in [-0.2, 0) is 9.53 Å². The Morgan fingerprint density at radius 3 is 3.07 bits per heavy atom. The normalized spacial score (nSPS) is 17.2. The molecule has 0 heterocycles. The van der Waals surface area contributed by atoms with Crippen molar-refractivity contribution in [1.82, 2.24) is 0 Å². The zero-order valence-corrected chi connectivity index (χ0v) is 9.42. The lowest BCUT2D eigenvalue weighted by molar-refractivity contribution is -0.144. The molecule has 0 saturated heterocycles. The zero-order chi connectivity index (χ0) is 11.3. The minimum absolute atomic E-state index is 0.0341. The number of carbonyl (C=O) groups is 1. The average Bonchev–Trinajstić information content (AvgIpc) is 2.18. The summed E-state index contributed by atoms with van der Waals surface area (Å²) in [6, 6.07) is 0. The van der Waals surface area contributed by atoms with Crippen molar-refractivity contribution in [2.75, 3.05) is 6.61 Å². The third kappa shape index (κ3) is 3.57. The Morgan fingerprint density at radius 1 is 1.73 bits per heavy atom. The standard InChI is InChI=1S/C11H14O3S/c1-2-14-11(13)7-9(12)8-5-3-4-6-10(8)15/h3-5,9,12H,2,6-7H2,1H3. The summed E-state index contributed by atoms with van der Waals surface area (Å²) in [4.78, 5) is 11.8. The van der Waals surface area contributed by atoms with Gasteiger partial charge in [-0.05, 0) is 12.5 Å². The van der Waals surface area contributed by atoms with Crippen molar-refractivity contribution in [2.24, 2.45) is 0 Å². The van der Waals surface area contributed by atoms with E-state index >= 15 is 0 Å². The second-order valence-corrected chi connectivity index (χ2v) is 3.70. The Bertz CT molecular complexity index is 318. The van der Waals surface area contributed by atoms with Crippen LogP contribution in [0.15, 0.2) is 23.8 Å². The van der Waals surface area contributed by atoms with Crippen molar-refractivity contribution in [2.45, 2.75) is 25.9 Å². The predicted octanol–water partition coefficient (Wildman–Crippen LogP) is 1.56. The fraction of sp³-hybridized carbons (Fsp3) is 0.455. The molecule has 1 aliphatic rings. The predicted molar refractivity (Wildman–Crippen MR) is 61.7 cm³/mol. The number of hydrogen-bond donors (Lipinski definition) is 1. The molecule has 1 N–H and O–H groups in total. The van der Waals surface area contributed by atoms with Crippen molar-refractivity contribution in [3.8, 4) is 0 Å². The van der Waals surface area contributed by atoms with E-state index in [4.69, 9.17) is 17.0 Å². The molecule has 0 spiro atoms. The van der Waals surface area contributed by atoms with E-state index in [9.17, 15) is 9.90 Å². The summed E-state index contributed by atoms with van der Waals surface area (Å²) in [7, 11) is 0. The van der Waals surface area contributed by atoms with Crippen LogP contribution in [0.3, 0.4) is 0 Å². The van der Waals surface area contributed by atoms with Gasteiger partial charge in [-0.15, -0.1) is 0 Å². The van der Waals surface area contributed by atoms with E-state index in [1.54, 1.807) is 13.0 Å². The van der Waals surface area contributed by atoms with Gasteiger partial charge in [-0.1, -0.05) is 30.4 Å². The summed E-state index contributed by atoms with van der Waals surface area (Å²) < 4.78 is 4.75. The van der Waals surface area contributed by atoms with E-state index in [-0.39, 0.29) is 6.42 Å². The monoisotopic (exact) mass is 226 g/mol. The maximum Gasteiger partial charge on any atom is 0.308 e. The van der Waals surface area contributed by atoms with Crippen LogP contribution in [0.1, 0.15) is 19.8 Å². The van der Waals surface area contributed by atoms with E-state index in [1.807, 2.05) is 12.2 Å². The molecule has 4 heteroatoms. The minimum Gasteiger partial charge on any atom is -0.466 e. The molecule has 0 aromatic rings. The zero-order valence-electron chi connectivity index (χ0n) is 8.60.